The van der Waals surface area contributed by atoms with Gasteiger partial charge in [-0.3, -0.25) is 4.98 Å². The summed E-state index contributed by atoms with van der Waals surface area (Å²) in [6.07, 6.45) is -4.49. The topological polar surface area (TPSA) is 86.6 Å². The van der Waals surface area contributed by atoms with E-state index in [1.807, 2.05) is 13.0 Å². The molecule has 0 spiro atoms. The van der Waals surface area contributed by atoms with Crippen molar-refractivity contribution in [3.05, 3.63) is 120 Å². The minimum Gasteiger partial charge on any atom is -0.437 e. The van der Waals surface area contributed by atoms with Gasteiger partial charge in [0.05, 0.1) is 33.7 Å². The van der Waals surface area contributed by atoms with Crippen LogP contribution in [0.1, 0.15) is 16.8 Å². The van der Waals surface area contributed by atoms with Gasteiger partial charge >= 0.3 is 12.4 Å². The Morgan fingerprint density at radius 3 is 1.76 bits per heavy atom. The summed E-state index contributed by atoms with van der Waals surface area (Å²) in [6, 6.07) is 17.9. The Morgan fingerprint density at radius 2 is 1.20 bits per heavy atom. The van der Waals surface area contributed by atoms with Gasteiger partial charge in [0.25, 0.3) is 0 Å². The summed E-state index contributed by atoms with van der Waals surface area (Å²) >= 11 is 5.67. The molecule has 0 radical (unpaired) electrons. The molecule has 0 N–H and O–H groups in total. The maximum absolute atomic E-state index is 12.7. The summed E-state index contributed by atoms with van der Waals surface area (Å²) in [5.41, 5.74) is 2.62. The number of alkyl halides is 6. The molecule has 3 aromatic carbocycles. The number of ether oxygens (including phenoxy) is 1. The Labute approximate surface area is 256 Å². The second kappa shape index (κ2) is 12.8. The van der Waals surface area contributed by atoms with Crippen LogP contribution in [0.5, 0.6) is 11.6 Å². The molecule has 0 amide bonds. The van der Waals surface area contributed by atoms with Crippen LogP contribution in [0.25, 0.3) is 33.5 Å². The third-order valence-corrected chi connectivity index (χ3v) is 6.37. The summed E-state index contributed by atoms with van der Waals surface area (Å²) in [7, 11) is 0. The lowest BCUT2D eigenvalue weighted by Gasteiger charge is -2.09. The van der Waals surface area contributed by atoms with Crippen molar-refractivity contribution in [2.45, 2.75) is 19.3 Å². The molecule has 0 fully saturated rings. The number of fused-ring (bicyclic) bond motifs is 1. The monoisotopic (exact) mass is 640 g/mol. The third kappa shape index (κ3) is 7.87. The fourth-order valence-corrected chi connectivity index (χ4v) is 4.14. The van der Waals surface area contributed by atoms with Crippen LogP contribution < -0.4 is 4.74 Å². The highest BCUT2D eigenvalue weighted by Crippen LogP contribution is 2.33. The molecule has 6 rings (SSSR count). The van der Waals surface area contributed by atoms with Gasteiger partial charge in [-0.1, -0.05) is 41.9 Å². The van der Waals surface area contributed by atoms with Gasteiger partial charge in [-0.05, 0) is 43.3 Å². The van der Waals surface area contributed by atoms with Crippen LogP contribution in [0.2, 0.25) is 5.15 Å². The smallest absolute Gasteiger partial charge is 0.416 e. The predicted octanol–water partition coefficient (Wildman–Crippen LogP) is 9.02. The lowest BCUT2D eigenvalue weighted by Crippen LogP contribution is -2.04. The van der Waals surface area contributed by atoms with Crippen LogP contribution >= 0.6 is 11.6 Å². The fraction of sp³-hybridized carbons (Fsp3) is 0.0968. The molecule has 0 aliphatic carbocycles. The Hall–Kier alpha value is -5.17. The Kier molecular flexibility index (Phi) is 8.91. The summed E-state index contributed by atoms with van der Waals surface area (Å²) in [6.45, 7) is 1.83. The van der Waals surface area contributed by atoms with E-state index in [4.69, 9.17) is 16.3 Å². The first-order valence-electron chi connectivity index (χ1n) is 12.9. The van der Waals surface area contributed by atoms with Crippen LogP contribution in [-0.2, 0) is 12.4 Å². The van der Waals surface area contributed by atoms with Crippen molar-refractivity contribution in [2.75, 3.05) is 0 Å². The van der Waals surface area contributed by atoms with Gasteiger partial charge in [-0.2, -0.15) is 26.3 Å². The van der Waals surface area contributed by atoms with Crippen molar-refractivity contribution in [1.29, 1.82) is 0 Å². The number of halogens is 7. The molecule has 0 unspecified atom stereocenters. The maximum atomic E-state index is 12.7. The zero-order valence-corrected chi connectivity index (χ0v) is 23.7. The molecule has 45 heavy (non-hydrogen) atoms. The van der Waals surface area contributed by atoms with E-state index in [0.717, 1.165) is 30.0 Å². The summed E-state index contributed by atoms with van der Waals surface area (Å²) < 4.78 is 81.1. The molecule has 6 aromatic rings. The van der Waals surface area contributed by atoms with Crippen molar-refractivity contribution in [3.8, 4) is 34.1 Å². The van der Waals surface area contributed by atoms with Crippen molar-refractivity contribution >= 4 is 22.6 Å². The van der Waals surface area contributed by atoms with E-state index in [-0.39, 0.29) is 11.0 Å². The zero-order valence-electron chi connectivity index (χ0n) is 23.0. The summed E-state index contributed by atoms with van der Waals surface area (Å²) in [5.74, 6) is 0.728. The number of aryl methyl sites for hydroxylation is 1. The molecule has 0 bridgehead atoms. The average Bonchev–Trinajstić information content (AvgIpc) is 3.01. The largest absolute Gasteiger partial charge is 0.437 e. The minimum atomic E-state index is -4.38. The van der Waals surface area contributed by atoms with Crippen LogP contribution in [0.3, 0.4) is 0 Å². The highest BCUT2D eigenvalue weighted by atomic mass is 35.5. The van der Waals surface area contributed by atoms with E-state index >= 15 is 0 Å². The molecule has 0 aliphatic rings. The quantitative estimate of drug-likeness (QED) is 0.140. The Morgan fingerprint density at radius 1 is 0.644 bits per heavy atom. The highest BCUT2D eigenvalue weighted by Gasteiger charge is 2.30. The van der Waals surface area contributed by atoms with Gasteiger partial charge in [0.1, 0.15) is 23.3 Å². The number of hydrogen-bond acceptors (Lipinski definition) is 7. The second-order valence-corrected chi connectivity index (χ2v) is 9.74. The van der Waals surface area contributed by atoms with Gasteiger partial charge in [0.2, 0.25) is 5.88 Å². The van der Waals surface area contributed by atoms with Gasteiger partial charge in [-0.25, -0.2) is 24.9 Å². The molecule has 0 aliphatic heterocycles. The third-order valence-electron chi connectivity index (χ3n) is 6.16. The highest BCUT2D eigenvalue weighted by molar-refractivity contribution is 6.29. The Bertz CT molecular complexity index is 1930. The first kappa shape index (κ1) is 31.3. The van der Waals surface area contributed by atoms with Gasteiger partial charge in [0.15, 0.2) is 5.75 Å². The molecule has 3 heterocycles. The van der Waals surface area contributed by atoms with E-state index in [1.165, 1.54) is 43.0 Å². The number of para-hydroxylation sites is 1. The molecule has 3 aromatic heterocycles. The normalized spacial score (nSPS) is 11.6. The number of rotatable bonds is 4. The lowest BCUT2D eigenvalue weighted by atomic mass is 10.1. The molecule has 228 valence electrons. The van der Waals surface area contributed by atoms with E-state index < -0.39 is 23.5 Å². The first-order valence-corrected chi connectivity index (χ1v) is 13.3. The molecular weight excluding hydrogens is 622 g/mol. The van der Waals surface area contributed by atoms with Gasteiger partial charge in [0, 0.05) is 29.5 Å². The van der Waals surface area contributed by atoms with Crippen LogP contribution in [0.4, 0.5) is 26.3 Å². The summed E-state index contributed by atoms with van der Waals surface area (Å²) in [4.78, 5) is 24.6. The Balaban J connectivity index is 0.000000201. The van der Waals surface area contributed by atoms with Gasteiger partial charge in [-0.15, -0.1) is 0 Å². The van der Waals surface area contributed by atoms with Crippen molar-refractivity contribution in [1.82, 2.24) is 29.9 Å². The maximum Gasteiger partial charge on any atom is 0.416 e. The van der Waals surface area contributed by atoms with Crippen molar-refractivity contribution in [3.63, 3.8) is 0 Å². The standard InChI is InChI=1S/C20H13F3N4O.C11H6ClF3N2/c1-12-10-24-15-3-2-4-17(19(15)27-12)28-18-9-16(25-11-26-18)13-5-7-14(8-6-13)20(21,22)23;12-10-5-9(16-6-17-10)7-1-3-8(4-2-7)11(13,14)15/h2-11H,1H3;1-6H. The number of nitrogens with zero attached hydrogens (tertiary/aromatic N) is 6. The van der Waals surface area contributed by atoms with Crippen molar-refractivity contribution in [2.24, 2.45) is 0 Å². The number of aromatic nitrogens is 6. The van der Waals surface area contributed by atoms with E-state index in [2.05, 4.69) is 29.9 Å². The molecule has 0 saturated heterocycles. The molecular formula is C31H19ClF6N6O. The fourth-order valence-electron chi connectivity index (χ4n) is 4.00. The predicted molar refractivity (Wildman–Crippen MR) is 154 cm³/mol. The number of hydrogen-bond donors (Lipinski definition) is 0. The SMILES string of the molecule is Cc1cnc2cccc(Oc3cc(-c4ccc(C(F)(F)F)cc4)ncn3)c2n1.FC(F)(F)c1ccc(-c2cc(Cl)ncn2)cc1. The van der Waals surface area contributed by atoms with Crippen LogP contribution in [0, 0.1) is 6.92 Å². The molecule has 0 saturated carbocycles. The van der Waals surface area contributed by atoms with Crippen molar-refractivity contribution < 1.29 is 31.1 Å². The van der Waals surface area contributed by atoms with E-state index in [9.17, 15) is 26.3 Å². The van der Waals surface area contributed by atoms with Crippen LogP contribution in [-0.4, -0.2) is 29.9 Å². The van der Waals surface area contributed by atoms with E-state index in [0.29, 0.717) is 39.3 Å². The summed E-state index contributed by atoms with van der Waals surface area (Å²) in [5, 5.41) is 0.245. The van der Waals surface area contributed by atoms with Crippen LogP contribution in [0.15, 0.2) is 97.7 Å². The molecule has 0 atom stereocenters. The van der Waals surface area contributed by atoms with Gasteiger partial charge < -0.3 is 4.74 Å². The molecule has 14 heteroatoms. The first-order chi connectivity index (χ1) is 21.4. The molecule has 7 nitrogen and oxygen atoms in total. The number of benzene rings is 3. The zero-order chi connectivity index (χ0) is 32.2. The average molecular weight is 641 g/mol. The second-order valence-electron chi connectivity index (χ2n) is 9.36. The lowest BCUT2D eigenvalue weighted by molar-refractivity contribution is -0.138. The minimum absolute atomic E-state index is 0.245. The van der Waals surface area contributed by atoms with E-state index in [1.54, 1.807) is 24.4 Å².